The van der Waals surface area contributed by atoms with Crippen molar-refractivity contribution in [2.24, 2.45) is 7.05 Å². The fraction of sp³-hybridized carbons (Fsp3) is 0.286. The van der Waals surface area contributed by atoms with Gasteiger partial charge >= 0.3 is 0 Å². The van der Waals surface area contributed by atoms with Crippen LogP contribution in [0.15, 0.2) is 24.4 Å². The number of nitrogens with zero attached hydrogens (tertiary/aromatic N) is 2. The lowest BCUT2D eigenvalue weighted by Gasteiger charge is -2.07. The maximum absolute atomic E-state index is 10.7. The molecule has 4 heteroatoms. The van der Waals surface area contributed by atoms with Crippen LogP contribution < -0.4 is 0 Å². The van der Waals surface area contributed by atoms with Gasteiger partial charge in [-0.05, 0) is 12.0 Å². The minimum atomic E-state index is 0.322. The van der Waals surface area contributed by atoms with E-state index in [-0.39, 0.29) is 0 Å². The lowest BCUT2D eigenvalue weighted by molar-refractivity contribution is 0.112. The molecule has 0 spiro atoms. The van der Waals surface area contributed by atoms with Gasteiger partial charge in [0.25, 0.3) is 0 Å². The standard InChI is InChI=1S/C14H15ClN2O/c1-9(2)14-12(7-17(3)16-14)11-5-4-10(8-18)6-13(11)15/h4-9H,1-3H3. The molecule has 0 radical (unpaired) electrons. The van der Waals surface area contributed by atoms with Crippen molar-refractivity contribution < 1.29 is 4.79 Å². The summed E-state index contributed by atoms with van der Waals surface area (Å²) >= 11 is 6.23. The third-order valence-corrected chi connectivity index (χ3v) is 3.14. The molecule has 0 N–H and O–H groups in total. The van der Waals surface area contributed by atoms with Gasteiger partial charge in [0.1, 0.15) is 6.29 Å². The number of benzene rings is 1. The predicted molar refractivity (Wildman–Crippen MR) is 73.1 cm³/mol. The second-order valence-electron chi connectivity index (χ2n) is 4.61. The van der Waals surface area contributed by atoms with Crippen LogP contribution in [0, 0.1) is 0 Å². The van der Waals surface area contributed by atoms with Crippen molar-refractivity contribution in [3.8, 4) is 11.1 Å². The predicted octanol–water partition coefficient (Wildman–Crippen LogP) is 3.68. The molecule has 2 aromatic rings. The van der Waals surface area contributed by atoms with Crippen LogP contribution in [0.25, 0.3) is 11.1 Å². The first kappa shape index (κ1) is 12.8. The zero-order chi connectivity index (χ0) is 13.3. The summed E-state index contributed by atoms with van der Waals surface area (Å²) in [7, 11) is 1.89. The summed E-state index contributed by atoms with van der Waals surface area (Å²) in [6.07, 6.45) is 2.75. The highest BCUT2D eigenvalue weighted by Gasteiger charge is 2.15. The molecule has 0 aliphatic heterocycles. The van der Waals surface area contributed by atoms with Crippen LogP contribution in [0.5, 0.6) is 0 Å². The molecule has 0 aliphatic carbocycles. The van der Waals surface area contributed by atoms with Gasteiger partial charge < -0.3 is 0 Å². The number of hydrogen-bond donors (Lipinski definition) is 0. The van der Waals surface area contributed by atoms with E-state index < -0.39 is 0 Å². The zero-order valence-corrected chi connectivity index (χ0v) is 11.4. The molecule has 94 valence electrons. The van der Waals surface area contributed by atoms with Gasteiger partial charge in [0.15, 0.2) is 0 Å². The lowest BCUT2D eigenvalue weighted by atomic mass is 9.99. The molecule has 18 heavy (non-hydrogen) atoms. The van der Waals surface area contributed by atoms with E-state index in [1.807, 2.05) is 19.3 Å². The molecule has 1 heterocycles. The Morgan fingerprint density at radius 1 is 1.33 bits per heavy atom. The van der Waals surface area contributed by atoms with Gasteiger partial charge in [0.05, 0.1) is 5.69 Å². The summed E-state index contributed by atoms with van der Waals surface area (Å²) in [6, 6.07) is 5.32. The van der Waals surface area contributed by atoms with E-state index in [0.29, 0.717) is 16.5 Å². The third kappa shape index (κ3) is 2.31. The lowest BCUT2D eigenvalue weighted by Crippen LogP contribution is -1.94. The smallest absolute Gasteiger partial charge is 0.150 e. The number of carbonyl (C=O) groups excluding carboxylic acids is 1. The molecule has 0 atom stereocenters. The molecule has 0 saturated carbocycles. The Bertz CT molecular complexity index is 587. The van der Waals surface area contributed by atoms with E-state index in [1.165, 1.54) is 0 Å². The molecule has 3 nitrogen and oxygen atoms in total. The van der Waals surface area contributed by atoms with Gasteiger partial charge in [-0.3, -0.25) is 9.48 Å². The van der Waals surface area contributed by atoms with E-state index in [0.717, 1.165) is 23.1 Å². The number of halogens is 1. The first-order chi connectivity index (χ1) is 8.52. The molecular formula is C14H15ClN2O. The fourth-order valence-electron chi connectivity index (χ4n) is 1.96. The molecule has 0 unspecified atom stereocenters. The Kier molecular flexibility index (Phi) is 3.53. The quantitative estimate of drug-likeness (QED) is 0.791. The Balaban J connectivity index is 2.58. The van der Waals surface area contributed by atoms with Crippen LogP contribution in [0.1, 0.15) is 35.8 Å². The van der Waals surface area contributed by atoms with Gasteiger partial charge in [-0.25, -0.2) is 0 Å². The van der Waals surface area contributed by atoms with Crippen molar-refractivity contribution in [2.75, 3.05) is 0 Å². The SMILES string of the molecule is CC(C)c1nn(C)cc1-c1ccc(C=O)cc1Cl. The summed E-state index contributed by atoms with van der Waals surface area (Å²) in [5, 5.41) is 5.04. The summed E-state index contributed by atoms with van der Waals surface area (Å²) in [4.78, 5) is 10.7. The Labute approximate surface area is 111 Å². The highest BCUT2D eigenvalue weighted by atomic mass is 35.5. The van der Waals surface area contributed by atoms with E-state index in [1.54, 1.807) is 16.8 Å². The maximum Gasteiger partial charge on any atom is 0.150 e. The number of aldehydes is 1. The monoisotopic (exact) mass is 262 g/mol. The summed E-state index contributed by atoms with van der Waals surface area (Å²) < 4.78 is 1.79. The van der Waals surface area contributed by atoms with Crippen LogP contribution in [0.3, 0.4) is 0 Å². The van der Waals surface area contributed by atoms with Crippen LogP contribution in [0.4, 0.5) is 0 Å². The number of hydrogen-bond acceptors (Lipinski definition) is 2. The van der Waals surface area contributed by atoms with E-state index >= 15 is 0 Å². The maximum atomic E-state index is 10.7. The Morgan fingerprint density at radius 3 is 2.61 bits per heavy atom. The zero-order valence-electron chi connectivity index (χ0n) is 10.6. The molecule has 0 amide bonds. The largest absolute Gasteiger partial charge is 0.298 e. The average molecular weight is 263 g/mol. The number of carbonyl (C=O) groups is 1. The Hall–Kier alpha value is -1.61. The Morgan fingerprint density at radius 2 is 2.06 bits per heavy atom. The second kappa shape index (κ2) is 4.94. The fourth-order valence-corrected chi connectivity index (χ4v) is 2.25. The van der Waals surface area contributed by atoms with Crippen molar-refractivity contribution >= 4 is 17.9 Å². The highest BCUT2D eigenvalue weighted by Crippen LogP contribution is 2.33. The van der Waals surface area contributed by atoms with Crippen LogP contribution in [-0.4, -0.2) is 16.1 Å². The topological polar surface area (TPSA) is 34.9 Å². The highest BCUT2D eigenvalue weighted by molar-refractivity contribution is 6.33. The van der Waals surface area contributed by atoms with Gasteiger partial charge in [0.2, 0.25) is 0 Å². The van der Waals surface area contributed by atoms with Crippen molar-refractivity contribution in [1.82, 2.24) is 9.78 Å². The molecule has 2 rings (SSSR count). The van der Waals surface area contributed by atoms with Crippen molar-refractivity contribution in [3.05, 3.63) is 40.7 Å². The minimum Gasteiger partial charge on any atom is -0.298 e. The third-order valence-electron chi connectivity index (χ3n) is 2.82. The summed E-state index contributed by atoms with van der Waals surface area (Å²) in [6.45, 7) is 4.19. The molecule has 0 aliphatic rings. The average Bonchev–Trinajstić information content (AvgIpc) is 2.71. The number of aromatic nitrogens is 2. The van der Waals surface area contributed by atoms with E-state index in [4.69, 9.17) is 11.6 Å². The van der Waals surface area contributed by atoms with Crippen molar-refractivity contribution in [3.63, 3.8) is 0 Å². The summed E-state index contributed by atoms with van der Waals surface area (Å²) in [5.74, 6) is 0.322. The van der Waals surface area contributed by atoms with E-state index in [2.05, 4.69) is 18.9 Å². The van der Waals surface area contributed by atoms with Gasteiger partial charge in [-0.15, -0.1) is 0 Å². The number of aryl methyl sites for hydroxylation is 1. The van der Waals surface area contributed by atoms with Crippen molar-refractivity contribution in [2.45, 2.75) is 19.8 Å². The van der Waals surface area contributed by atoms with Gasteiger partial charge in [-0.1, -0.05) is 37.6 Å². The summed E-state index contributed by atoms with van der Waals surface area (Å²) in [5.41, 5.74) is 3.53. The number of rotatable bonds is 3. The van der Waals surface area contributed by atoms with Crippen LogP contribution in [0.2, 0.25) is 5.02 Å². The minimum absolute atomic E-state index is 0.322. The van der Waals surface area contributed by atoms with E-state index in [9.17, 15) is 4.79 Å². The van der Waals surface area contributed by atoms with Gasteiger partial charge in [0, 0.05) is 35.0 Å². The molecule has 0 saturated heterocycles. The normalized spacial score (nSPS) is 10.9. The van der Waals surface area contributed by atoms with Crippen LogP contribution in [-0.2, 0) is 7.05 Å². The molecule has 1 aromatic heterocycles. The molecule has 0 fully saturated rings. The van der Waals surface area contributed by atoms with Crippen molar-refractivity contribution in [1.29, 1.82) is 0 Å². The second-order valence-corrected chi connectivity index (χ2v) is 5.02. The molecule has 0 bridgehead atoms. The molecule has 1 aromatic carbocycles. The first-order valence-electron chi connectivity index (χ1n) is 5.81. The van der Waals surface area contributed by atoms with Gasteiger partial charge in [-0.2, -0.15) is 5.10 Å². The molecular weight excluding hydrogens is 248 g/mol. The first-order valence-corrected chi connectivity index (χ1v) is 6.19. The van der Waals surface area contributed by atoms with Crippen LogP contribution >= 0.6 is 11.6 Å².